The number of hydrogen-bond donors (Lipinski definition) is 1. The van der Waals surface area contributed by atoms with Crippen molar-refractivity contribution in [1.29, 1.82) is 0 Å². The van der Waals surface area contributed by atoms with Crippen LogP contribution >= 0.6 is 11.3 Å². The van der Waals surface area contributed by atoms with Crippen LogP contribution in [0.25, 0.3) is 10.6 Å². The highest BCUT2D eigenvalue weighted by atomic mass is 32.1. The average Bonchev–Trinajstić information content (AvgIpc) is 3.02. The Labute approximate surface area is 175 Å². The SMILES string of the molecule is COc1ccc(-c2nc(CC(=O)O[C@@H](C)C(=O)NC3CCCCCC3)cs2)cc1. The first kappa shape index (κ1) is 21.3. The molecule has 1 aliphatic rings. The van der Waals surface area contributed by atoms with Gasteiger partial charge in [0.15, 0.2) is 6.10 Å². The molecule has 1 aromatic heterocycles. The maximum Gasteiger partial charge on any atom is 0.312 e. The first-order valence-electron chi connectivity index (χ1n) is 10.1. The fourth-order valence-corrected chi connectivity index (χ4v) is 4.26. The predicted octanol–water partition coefficient (Wildman–Crippen LogP) is 4.13. The topological polar surface area (TPSA) is 77.5 Å². The zero-order valence-electron chi connectivity index (χ0n) is 17.0. The van der Waals surface area contributed by atoms with Gasteiger partial charge in [0.2, 0.25) is 0 Å². The monoisotopic (exact) mass is 416 g/mol. The molecule has 3 rings (SSSR count). The highest BCUT2D eigenvalue weighted by Gasteiger charge is 2.22. The molecule has 1 heterocycles. The van der Waals surface area contributed by atoms with Crippen molar-refractivity contribution in [2.75, 3.05) is 7.11 Å². The summed E-state index contributed by atoms with van der Waals surface area (Å²) in [6.45, 7) is 1.62. The summed E-state index contributed by atoms with van der Waals surface area (Å²) >= 11 is 1.47. The van der Waals surface area contributed by atoms with Gasteiger partial charge in [0.1, 0.15) is 10.8 Å². The van der Waals surface area contributed by atoms with Crippen molar-refractivity contribution in [3.05, 3.63) is 35.3 Å². The zero-order valence-corrected chi connectivity index (χ0v) is 17.8. The number of benzene rings is 1. The Kier molecular flexibility index (Phi) is 7.63. The lowest BCUT2D eigenvalue weighted by Gasteiger charge is -2.19. The van der Waals surface area contributed by atoms with Gasteiger partial charge in [-0.1, -0.05) is 25.7 Å². The maximum atomic E-state index is 12.3. The molecule has 0 unspecified atom stereocenters. The molecule has 7 heteroatoms. The lowest BCUT2D eigenvalue weighted by molar-refractivity contribution is -0.154. The summed E-state index contributed by atoms with van der Waals surface area (Å²) in [7, 11) is 1.62. The summed E-state index contributed by atoms with van der Waals surface area (Å²) in [6, 6.07) is 7.80. The third-order valence-electron chi connectivity index (χ3n) is 5.09. The van der Waals surface area contributed by atoms with E-state index in [0.717, 1.165) is 42.0 Å². The molecule has 1 aliphatic carbocycles. The van der Waals surface area contributed by atoms with Crippen LogP contribution in [-0.4, -0.2) is 36.1 Å². The third kappa shape index (κ3) is 6.29. The summed E-state index contributed by atoms with van der Waals surface area (Å²) in [5.41, 5.74) is 1.61. The van der Waals surface area contributed by atoms with Crippen molar-refractivity contribution in [2.45, 2.75) is 64.0 Å². The van der Waals surface area contributed by atoms with Gasteiger partial charge in [0, 0.05) is 17.0 Å². The van der Waals surface area contributed by atoms with Crippen molar-refractivity contribution in [3.63, 3.8) is 0 Å². The van der Waals surface area contributed by atoms with Gasteiger partial charge in [-0.25, -0.2) is 4.98 Å². The predicted molar refractivity (Wildman–Crippen MR) is 113 cm³/mol. The molecule has 0 bridgehead atoms. The van der Waals surface area contributed by atoms with Gasteiger partial charge in [-0.3, -0.25) is 9.59 Å². The van der Waals surface area contributed by atoms with Crippen LogP contribution in [0.1, 0.15) is 51.1 Å². The van der Waals surface area contributed by atoms with Gasteiger partial charge < -0.3 is 14.8 Å². The molecule has 0 saturated heterocycles. The second-order valence-electron chi connectivity index (χ2n) is 7.38. The molecule has 1 aromatic carbocycles. The van der Waals surface area contributed by atoms with Crippen LogP contribution < -0.4 is 10.1 Å². The van der Waals surface area contributed by atoms with Crippen molar-refractivity contribution in [3.8, 4) is 16.3 Å². The zero-order chi connectivity index (χ0) is 20.6. The van der Waals surface area contributed by atoms with Crippen LogP contribution in [0.2, 0.25) is 0 Å². The molecule has 1 atom stereocenters. The smallest absolute Gasteiger partial charge is 0.312 e. The van der Waals surface area contributed by atoms with Gasteiger partial charge in [-0.15, -0.1) is 11.3 Å². The van der Waals surface area contributed by atoms with Crippen LogP contribution in [0.5, 0.6) is 5.75 Å². The van der Waals surface area contributed by atoms with Crippen molar-refractivity contribution in [2.24, 2.45) is 0 Å². The molecule has 2 aromatic rings. The van der Waals surface area contributed by atoms with E-state index in [1.54, 1.807) is 14.0 Å². The van der Waals surface area contributed by atoms with E-state index in [9.17, 15) is 9.59 Å². The van der Waals surface area contributed by atoms with Crippen molar-refractivity contribution < 1.29 is 19.1 Å². The standard InChI is InChI=1S/C22H28N2O4S/c1-15(21(26)23-17-7-5-3-4-6-8-17)28-20(25)13-18-14-29-22(24-18)16-9-11-19(27-2)12-10-16/h9-12,14-15,17H,3-8,13H2,1-2H3,(H,23,26)/t15-/m0/s1. The molecular weight excluding hydrogens is 388 g/mol. The normalized spacial score (nSPS) is 15.9. The Morgan fingerprint density at radius 3 is 2.52 bits per heavy atom. The van der Waals surface area contributed by atoms with Crippen LogP contribution in [0.4, 0.5) is 0 Å². The molecule has 1 N–H and O–H groups in total. The van der Waals surface area contributed by atoms with E-state index < -0.39 is 12.1 Å². The molecule has 0 spiro atoms. The van der Waals surface area contributed by atoms with E-state index in [2.05, 4.69) is 10.3 Å². The molecule has 0 aliphatic heterocycles. The minimum absolute atomic E-state index is 0.0493. The van der Waals surface area contributed by atoms with Gasteiger partial charge in [-0.05, 0) is 44.0 Å². The number of carbonyl (C=O) groups excluding carboxylic acids is 2. The van der Waals surface area contributed by atoms with E-state index in [1.165, 1.54) is 24.2 Å². The second kappa shape index (κ2) is 10.4. The fourth-order valence-electron chi connectivity index (χ4n) is 3.44. The maximum absolute atomic E-state index is 12.3. The number of amides is 1. The molecule has 1 amide bonds. The molecular formula is C22H28N2O4S. The number of methoxy groups -OCH3 is 1. The van der Waals surface area contributed by atoms with Gasteiger partial charge in [0.05, 0.1) is 19.2 Å². The summed E-state index contributed by atoms with van der Waals surface area (Å²) in [5.74, 6) is 0.118. The molecule has 29 heavy (non-hydrogen) atoms. The first-order chi connectivity index (χ1) is 14.0. The Morgan fingerprint density at radius 1 is 1.17 bits per heavy atom. The Morgan fingerprint density at radius 2 is 1.86 bits per heavy atom. The summed E-state index contributed by atoms with van der Waals surface area (Å²) < 4.78 is 10.5. The summed E-state index contributed by atoms with van der Waals surface area (Å²) in [4.78, 5) is 29.1. The number of esters is 1. The van der Waals surface area contributed by atoms with Crippen LogP contribution in [0.15, 0.2) is 29.6 Å². The minimum Gasteiger partial charge on any atom is -0.497 e. The molecule has 6 nitrogen and oxygen atoms in total. The number of aromatic nitrogens is 1. The number of hydrogen-bond acceptors (Lipinski definition) is 6. The molecule has 1 fully saturated rings. The lowest BCUT2D eigenvalue weighted by Crippen LogP contribution is -2.42. The Balaban J connectivity index is 1.49. The average molecular weight is 417 g/mol. The minimum atomic E-state index is -0.801. The Hall–Kier alpha value is -2.41. The van der Waals surface area contributed by atoms with Gasteiger partial charge in [-0.2, -0.15) is 0 Å². The largest absolute Gasteiger partial charge is 0.497 e. The van der Waals surface area contributed by atoms with Gasteiger partial charge in [0.25, 0.3) is 5.91 Å². The highest BCUT2D eigenvalue weighted by Crippen LogP contribution is 2.26. The summed E-state index contributed by atoms with van der Waals surface area (Å²) in [5, 5.41) is 5.70. The van der Waals surface area contributed by atoms with E-state index in [4.69, 9.17) is 9.47 Å². The highest BCUT2D eigenvalue weighted by molar-refractivity contribution is 7.13. The first-order valence-corrected chi connectivity index (χ1v) is 11.0. The molecule has 156 valence electrons. The number of carbonyl (C=O) groups is 2. The third-order valence-corrected chi connectivity index (χ3v) is 6.03. The van der Waals surface area contributed by atoms with E-state index in [1.807, 2.05) is 29.6 Å². The van der Waals surface area contributed by atoms with E-state index in [-0.39, 0.29) is 18.4 Å². The van der Waals surface area contributed by atoms with E-state index >= 15 is 0 Å². The number of thiazole rings is 1. The number of nitrogens with one attached hydrogen (secondary N) is 1. The summed E-state index contributed by atoms with van der Waals surface area (Å²) in [6.07, 6.45) is 5.97. The van der Waals surface area contributed by atoms with E-state index in [0.29, 0.717) is 5.69 Å². The number of ether oxygens (including phenoxy) is 2. The van der Waals surface area contributed by atoms with Crippen LogP contribution in [-0.2, 0) is 20.7 Å². The van der Waals surface area contributed by atoms with Gasteiger partial charge >= 0.3 is 5.97 Å². The molecule has 1 saturated carbocycles. The Bertz CT molecular complexity index is 810. The second-order valence-corrected chi connectivity index (χ2v) is 8.24. The number of rotatable bonds is 7. The fraction of sp³-hybridized carbons (Fsp3) is 0.500. The van der Waals surface area contributed by atoms with Crippen molar-refractivity contribution in [1.82, 2.24) is 10.3 Å². The number of nitrogens with zero attached hydrogens (tertiary/aromatic N) is 1. The molecule has 0 radical (unpaired) electrons. The van der Waals surface area contributed by atoms with Crippen molar-refractivity contribution >= 4 is 23.2 Å². The quantitative estimate of drug-likeness (QED) is 0.542. The van der Waals surface area contributed by atoms with Crippen LogP contribution in [0, 0.1) is 0 Å². The van der Waals surface area contributed by atoms with Crippen LogP contribution in [0.3, 0.4) is 0 Å². The lowest BCUT2D eigenvalue weighted by atomic mass is 10.1.